The Morgan fingerprint density at radius 1 is 1.10 bits per heavy atom. The fourth-order valence-corrected chi connectivity index (χ4v) is 3.99. The molecule has 0 unspecified atom stereocenters. The highest BCUT2D eigenvalue weighted by Crippen LogP contribution is 2.38. The van der Waals surface area contributed by atoms with Gasteiger partial charge in [-0.3, -0.25) is 4.79 Å². The maximum absolute atomic E-state index is 13.1. The first kappa shape index (κ1) is 15.8. The molecular weight excluding hydrogens is 252 g/mol. The smallest absolute Gasteiger partial charge is 0.230 e. The normalized spacial score (nSPS) is 23.5. The van der Waals surface area contributed by atoms with Crippen molar-refractivity contribution < 1.29 is 9.90 Å². The van der Waals surface area contributed by atoms with Crippen LogP contribution in [0.2, 0.25) is 0 Å². The van der Waals surface area contributed by atoms with Crippen LogP contribution in [0, 0.1) is 5.41 Å². The second-order valence-electron chi connectivity index (χ2n) is 6.56. The molecule has 20 heavy (non-hydrogen) atoms. The standard InChI is InChI=1S/C16H30N2O2/c17-13-16(9-5-2-6-10-16)15(20)18(11-12-19)14-7-3-1-4-8-14/h14,19H,1-13,17H2. The van der Waals surface area contributed by atoms with Crippen molar-refractivity contribution in [3.63, 3.8) is 0 Å². The van der Waals surface area contributed by atoms with E-state index in [4.69, 9.17) is 5.73 Å². The summed E-state index contributed by atoms with van der Waals surface area (Å²) < 4.78 is 0. The number of hydrogen-bond acceptors (Lipinski definition) is 3. The van der Waals surface area contributed by atoms with Gasteiger partial charge in [-0.05, 0) is 25.7 Å². The number of aliphatic hydroxyl groups is 1. The summed E-state index contributed by atoms with van der Waals surface area (Å²) in [7, 11) is 0. The number of carbonyl (C=O) groups is 1. The van der Waals surface area contributed by atoms with Gasteiger partial charge in [0.1, 0.15) is 0 Å². The molecule has 0 radical (unpaired) electrons. The van der Waals surface area contributed by atoms with Gasteiger partial charge in [0.25, 0.3) is 0 Å². The lowest BCUT2D eigenvalue weighted by Crippen LogP contribution is -2.53. The number of nitrogens with zero attached hydrogens (tertiary/aromatic N) is 1. The van der Waals surface area contributed by atoms with Crippen LogP contribution in [0.4, 0.5) is 0 Å². The third kappa shape index (κ3) is 3.34. The van der Waals surface area contributed by atoms with Crippen molar-refractivity contribution in [3.05, 3.63) is 0 Å². The molecule has 0 aliphatic heterocycles. The van der Waals surface area contributed by atoms with Gasteiger partial charge < -0.3 is 15.7 Å². The molecule has 0 aromatic rings. The van der Waals surface area contributed by atoms with Gasteiger partial charge in [-0.25, -0.2) is 0 Å². The monoisotopic (exact) mass is 282 g/mol. The van der Waals surface area contributed by atoms with E-state index >= 15 is 0 Å². The zero-order valence-electron chi connectivity index (χ0n) is 12.6. The summed E-state index contributed by atoms with van der Waals surface area (Å²) in [6.45, 7) is 0.995. The molecule has 3 N–H and O–H groups in total. The van der Waals surface area contributed by atoms with Crippen LogP contribution >= 0.6 is 0 Å². The number of carbonyl (C=O) groups excluding carboxylic acids is 1. The van der Waals surface area contributed by atoms with Gasteiger partial charge in [0.05, 0.1) is 12.0 Å². The average Bonchev–Trinajstić information content (AvgIpc) is 2.53. The lowest BCUT2D eigenvalue weighted by atomic mass is 9.72. The molecule has 0 aromatic carbocycles. The van der Waals surface area contributed by atoms with Crippen LogP contribution in [0.3, 0.4) is 0 Å². The van der Waals surface area contributed by atoms with E-state index < -0.39 is 0 Å². The van der Waals surface area contributed by atoms with E-state index in [-0.39, 0.29) is 17.9 Å². The molecule has 4 nitrogen and oxygen atoms in total. The molecule has 2 fully saturated rings. The molecule has 0 saturated heterocycles. The Kier molecular flexibility index (Phi) is 5.85. The quantitative estimate of drug-likeness (QED) is 0.811. The van der Waals surface area contributed by atoms with E-state index in [9.17, 15) is 9.90 Å². The summed E-state index contributed by atoms with van der Waals surface area (Å²) >= 11 is 0. The van der Waals surface area contributed by atoms with Crippen molar-refractivity contribution in [1.29, 1.82) is 0 Å². The van der Waals surface area contributed by atoms with Crippen LogP contribution in [0.25, 0.3) is 0 Å². The maximum atomic E-state index is 13.1. The number of aliphatic hydroxyl groups excluding tert-OH is 1. The summed E-state index contributed by atoms with van der Waals surface area (Å²) in [5.41, 5.74) is 5.65. The van der Waals surface area contributed by atoms with Crippen LogP contribution in [0.15, 0.2) is 0 Å². The third-order valence-corrected chi connectivity index (χ3v) is 5.27. The zero-order chi connectivity index (χ0) is 14.4. The van der Waals surface area contributed by atoms with Crippen molar-refractivity contribution in [3.8, 4) is 0 Å². The van der Waals surface area contributed by atoms with Crippen LogP contribution in [-0.2, 0) is 4.79 Å². The second-order valence-corrected chi connectivity index (χ2v) is 6.56. The largest absolute Gasteiger partial charge is 0.395 e. The average molecular weight is 282 g/mol. The molecule has 2 aliphatic carbocycles. The zero-order valence-corrected chi connectivity index (χ0v) is 12.6. The maximum Gasteiger partial charge on any atom is 0.230 e. The van der Waals surface area contributed by atoms with Crippen LogP contribution in [0.1, 0.15) is 64.2 Å². The van der Waals surface area contributed by atoms with Crippen molar-refractivity contribution in [2.75, 3.05) is 19.7 Å². The number of nitrogens with two attached hydrogens (primary N) is 1. The molecule has 0 atom stereocenters. The molecule has 2 saturated carbocycles. The number of amides is 1. The van der Waals surface area contributed by atoms with Crippen LogP contribution < -0.4 is 5.73 Å². The minimum absolute atomic E-state index is 0.0584. The minimum Gasteiger partial charge on any atom is -0.395 e. The third-order valence-electron chi connectivity index (χ3n) is 5.27. The first-order valence-electron chi connectivity index (χ1n) is 8.35. The van der Waals surface area contributed by atoms with E-state index in [0.717, 1.165) is 38.5 Å². The highest BCUT2D eigenvalue weighted by molar-refractivity contribution is 5.83. The highest BCUT2D eigenvalue weighted by atomic mass is 16.3. The van der Waals surface area contributed by atoms with Gasteiger partial charge in [-0.2, -0.15) is 0 Å². The van der Waals surface area contributed by atoms with Gasteiger partial charge in [0.2, 0.25) is 5.91 Å². The summed E-state index contributed by atoms with van der Waals surface area (Å²) in [4.78, 5) is 15.0. The fourth-order valence-electron chi connectivity index (χ4n) is 3.99. The highest BCUT2D eigenvalue weighted by Gasteiger charge is 2.42. The minimum atomic E-state index is -0.342. The predicted molar refractivity (Wildman–Crippen MR) is 80.2 cm³/mol. The molecule has 0 spiro atoms. The molecule has 0 aromatic heterocycles. The summed E-state index contributed by atoms with van der Waals surface area (Å²) in [5, 5.41) is 9.35. The Morgan fingerprint density at radius 2 is 1.70 bits per heavy atom. The Hall–Kier alpha value is -0.610. The molecule has 0 bridgehead atoms. The van der Waals surface area contributed by atoms with Crippen LogP contribution in [0.5, 0.6) is 0 Å². The molecule has 116 valence electrons. The lowest BCUT2D eigenvalue weighted by Gasteiger charge is -2.43. The Labute approximate surface area is 122 Å². The van der Waals surface area contributed by atoms with E-state index in [0.29, 0.717) is 19.1 Å². The lowest BCUT2D eigenvalue weighted by molar-refractivity contribution is -0.147. The topological polar surface area (TPSA) is 66.6 Å². The van der Waals surface area contributed by atoms with Crippen LogP contribution in [-0.4, -0.2) is 41.7 Å². The van der Waals surface area contributed by atoms with Gasteiger partial charge in [-0.15, -0.1) is 0 Å². The van der Waals surface area contributed by atoms with E-state index in [1.165, 1.54) is 25.7 Å². The van der Waals surface area contributed by atoms with Gasteiger partial charge in [0.15, 0.2) is 0 Å². The van der Waals surface area contributed by atoms with E-state index in [1.807, 2.05) is 4.90 Å². The molecule has 1 amide bonds. The Morgan fingerprint density at radius 3 is 2.25 bits per heavy atom. The Balaban J connectivity index is 2.11. The first-order chi connectivity index (χ1) is 9.73. The molecule has 4 heteroatoms. The van der Waals surface area contributed by atoms with Gasteiger partial charge in [0, 0.05) is 19.1 Å². The van der Waals surface area contributed by atoms with Crippen molar-refractivity contribution in [2.45, 2.75) is 70.3 Å². The molecule has 0 heterocycles. The number of rotatable bonds is 5. The summed E-state index contributed by atoms with van der Waals surface area (Å²) in [6.07, 6.45) is 11.2. The van der Waals surface area contributed by atoms with Gasteiger partial charge >= 0.3 is 0 Å². The molecule has 2 rings (SSSR count). The second kappa shape index (κ2) is 7.41. The summed E-state index contributed by atoms with van der Waals surface area (Å²) in [5.74, 6) is 0.223. The van der Waals surface area contributed by atoms with Crippen molar-refractivity contribution in [1.82, 2.24) is 4.90 Å². The van der Waals surface area contributed by atoms with Crippen molar-refractivity contribution >= 4 is 5.91 Å². The predicted octanol–water partition coefficient (Wildman–Crippen LogP) is 2.05. The Bertz CT molecular complexity index is 308. The van der Waals surface area contributed by atoms with E-state index in [2.05, 4.69) is 0 Å². The number of hydrogen-bond donors (Lipinski definition) is 2. The first-order valence-corrected chi connectivity index (χ1v) is 8.35. The van der Waals surface area contributed by atoms with E-state index in [1.54, 1.807) is 0 Å². The molecule has 2 aliphatic rings. The molecular formula is C16H30N2O2. The van der Waals surface area contributed by atoms with Gasteiger partial charge in [-0.1, -0.05) is 38.5 Å². The summed E-state index contributed by atoms with van der Waals surface area (Å²) in [6, 6.07) is 0.328. The SMILES string of the molecule is NCC1(C(=O)N(CCO)C2CCCCC2)CCCCC1. The fraction of sp³-hybridized carbons (Fsp3) is 0.938. The van der Waals surface area contributed by atoms with Crippen molar-refractivity contribution in [2.24, 2.45) is 11.1 Å².